The highest BCUT2D eigenvalue weighted by atomic mass is 16.8. The van der Waals surface area contributed by atoms with Gasteiger partial charge in [-0.15, -0.1) is 0 Å². The third-order valence-corrected chi connectivity index (χ3v) is 5.07. The highest BCUT2D eigenvalue weighted by Crippen LogP contribution is 2.41. The van der Waals surface area contributed by atoms with E-state index in [-0.39, 0.29) is 24.7 Å². The minimum atomic E-state index is -2.83. The number of fused-ring (bicyclic) bond motifs is 1. The second kappa shape index (κ2) is 10.1. The summed E-state index contributed by atoms with van der Waals surface area (Å²) in [6, 6.07) is 23.4. The molecule has 4 rings (SSSR count). The first-order chi connectivity index (χ1) is 16.9. The van der Waals surface area contributed by atoms with Crippen molar-refractivity contribution in [3.63, 3.8) is 0 Å². The van der Waals surface area contributed by atoms with E-state index in [0.29, 0.717) is 11.4 Å². The molecule has 3 aromatic rings. The standard InChI is InChI=1S/C25H22N2O8/c28-19(15-33-27-22(16-7-3-1-4-8-16)17-9-5-2-6-10-17)14-26-18-11-12-20-21(13-18)35-25(34-20,23(29)30)24(31)32/h1-13,19,26,28H,14-15H2,(H,29,30)(H,31,32). The molecular formula is C25H22N2O8. The second-order valence-electron chi connectivity index (χ2n) is 7.59. The Bertz CT molecular complexity index is 1180. The van der Waals surface area contributed by atoms with Crippen molar-refractivity contribution in [3.8, 4) is 11.5 Å². The van der Waals surface area contributed by atoms with E-state index < -0.39 is 23.8 Å². The Balaban J connectivity index is 1.36. The molecule has 1 atom stereocenters. The van der Waals surface area contributed by atoms with Crippen LogP contribution < -0.4 is 14.8 Å². The zero-order chi connectivity index (χ0) is 24.8. The predicted molar refractivity (Wildman–Crippen MR) is 125 cm³/mol. The number of nitrogens with one attached hydrogen (secondary N) is 1. The number of aliphatic carboxylic acids is 2. The number of rotatable bonds is 10. The normalized spacial score (nSPS) is 14.0. The van der Waals surface area contributed by atoms with E-state index in [0.717, 1.165) is 11.1 Å². The topological polar surface area (TPSA) is 147 Å². The summed E-state index contributed by atoms with van der Waals surface area (Å²) >= 11 is 0. The summed E-state index contributed by atoms with van der Waals surface area (Å²) in [4.78, 5) is 28.1. The van der Waals surface area contributed by atoms with Gasteiger partial charge in [-0.05, 0) is 12.1 Å². The van der Waals surface area contributed by atoms with E-state index >= 15 is 0 Å². The Kier molecular flexibility index (Phi) is 6.83. The van der Waals surface area contributed by atoms with E-state index in [4.69, 9.17) is 14.3 Å². The van der Waals surface area contributed by atoms with Crippen LogP contribution in [0.2, 0.25) is 0 Å². The van der Waals surface area contributed by atoms with Crippen molar-refractivity contribution in [1.82, 2.24) is 0 Å². The summed E-state index contributed by atoms with van der Waals surface area (Å²) in [6.45, 7) is -0.0218. The second-order valence-corrected chi connectivity index (χ2v) is 7.59. The van der Waals surface area contributed by atoms with Crippen molar-refractivity contribution >= 4 is 23.3 Å². The number of oxime groups is 1. The van der Waals surface area contributed by atoms with Crippen LogP contribution in [0.5, 0.6) is 11.5 Å². The molecular weight excluding hydrogens is 456 g/mol. The lowest BCUT2D eigenvalue weighted by Crippen LogP contribution is -2.54. The van der Waals surface area contributed by atoms with Gasteiger partial charge in [0.15, 0.2) is 11.5 Å². The molecule has 4 N–H and O–H groups in total. The summed E-state index contributed by atoms with van der Waals surface area (Å²) in [6.07, 6.45) is -0.936. The molecule has 0 aliphatic carbocycles. The van der Waals surface area contributed by atoms with Gasteiger partial charge in [0.05, 0.1) is 0 Å². The maximum Gasteiger partial charge on any atom is 0.453 e. The number of nitrogens with zero attached hydrogens (tertiary/aromatic N) is 1. The first-order valence-corrected chi connectivity index (χ1v) is 10.6. The Hall–Kier alpha value is -4.57. The Morgan fingerprint density at radius 3 is 2.03 bits per heavy atom. The number of anilines is 1. The molecule has 180 valence electrons. The molecule has 1 heterocycles. The molecule has 1 aliphatic heterocycles. The van der Waals surface area contributed by atoms with Crippen molar-refractivity contribution in [1.29, 1.82) is 0 Å². The van der Waals surface area contributed by atoms with E-state index in [1.54, 1.807) is 0 Å². The lowest BCUT2D eigenvalue weighted by Gasteiger charge is -2.16. The first kappa shape index (κ1) is 23.6. The molecule has 3 aromatic carbocycles. The molecule has 0 saturated carbocycles. The van der Waals surface area contributed by atoms with Crippen molar-refractivity contribution in [2.24, 2.45) is 5.16 Å². The number of aliphatic hydroxyl groups excluding tert-OH is 1. The maximum absolute atomic E-state index is 11.4. The molecule has 0 saturated heterocycles. The van der Waals surface area contributed by atoms with E-state index in [2.05, 4.69) is 10.5 Å². The van der Waals surface area contributed by atoms with E-state index in [1.807, 2.05) is 60.7 Å². The molecule has 0 spiro atoms. The van der Waals surface area contributed by atoms with Gasteiger partial charge in [-0.1, -0.05) is 65.8 Å². The summed E-state index contributed by atoms with van der Waals surface area (Å²) in [7, 11) is 0. The van der Waals surface area contributed by atoms with Crippen LogP contribution >= 0.6 is 0 Å². The maximum atomic E-state index is 11.4. The number of carboxylic acid groups (broad SMARTS) is 2. The predicted octanol–water partition coefficient (Wildman–Crippen LogP) is 2.57. The molecule has 1 aliphatic rings. The first-order valence-electron chi connectivity index (χ1n) is 10.6. The molecule has 0 bridgehead atoms. The summed E-state index contributed by atoms with van der Waals surface area (Å²) in [5, 5.41) is 35.9. The van der Waals surface area contributed by atoms with Crippen LogP contribution in [0.15, 0.2) is 84.0 Å². The molecule has 1 unspecified atom stereocenters. The Morgan fingerprint density at radius 2 is 1.46 bits per heavy atom. The van der Waals surface area contributed by atoms with E-state index in [1.165, 1.54) is 18.2 Å². The monoisotopic (exact) mass is 478 g/mol. The number of carbonyl (C=O) groups is 2. The zero-order valence-electron chi connectivity index (χ0n) is 18.3. The van der Waals surface area contributed by atoms with Gasteiger partial charge in [0.2, 0.25) is 0 Å². The van der Waals surface area contributed by atoms with Crippen LogP contribution in [-0.4, -0.2) is 58.0 Å². The largest absolute Gasteiger partial charge is 0.475 e. The zero-order valence-corrected chi connectivity index (χ0v) is 18.3. The van der Waals surface area contributed by atoms with Crippen LogP contribution in [0, 0.1) is 0 Å². The minimum absolute atomic E-state index is 0.0204. The average molecular weight is 478 g/mol. The molecule has 10 heteroatoms. The molecule has 0 fully saturated rings. The van der Waals surface area contributed by atoms with Crippen molar-refractivity contribution in [2.45, 2.75) is 11.9 Å². The number of aliphatic hydroxyl groups is 1. The lowest BCUT2D eigenvalue weighted by molar-refractivity contribution is -0.194. The van der Waals surface area contributed by atoms with Crippen LogP contribution in [0.1, 0.15) is 11.1 Å². The molecule has 0 amide bonds. The van der Waals surface area contributed by atoms with E-state index in [9.17, 15) is 24.9 Å². The number of ether oxygens (including phenoxy) is 2. The minimum Gasteiger partial charge on any atom is -0.475 e. The van der Waals surface area contributed by atoms with Gasteiger partial charge in [-0.2, -0.15) is 0 Å². The molecule has 0 radical (unpaired) electrons. The fourth-order valence-electron chi connectivity index (χ4n) is 3.33. The highest BCUT2D eigenvalue weighted by Gasteiger charge is 2.57. The average Bonchev–Trinajstić information content (AvgIpc) is 3.27. The van der Waals surface area contributed by atoms with Gasteiger partial charge in [-0.25, -0.2) is 9.59 Å². The third kappa shape index (κ3) is 5.17. The quantitative estimate of drug-likeness (QED) is 0.196. The smallest absolute Gasteiger partial charge is 0.453 e. The van der Waals surface area contributed by atoms with Crippen molar-refractivity contribution in [2.75, 3.05) is 18.5 Å². The summed E-state index contributed by atoms with van der Waals surface area (Å²) < 4.78 is 10.1. The number of carboxylic acids is 2. The van der Waals surface area contributed by atoms with Crippen molar-refractivity contribution in [3.05, 3.63) is 90.0 Å². The third-order valence-electron chi connectivity index (χ3n) is 5.07. The van der Waals surface area contributed by atoms with Gasteiger partial charge < -0.3 is 34.9 Å². The molecule has 0 aromatic heterocycles. The highest BCUT2D eigenvalue weighted by molar-refractivity contribution is 6.12. The van der Waals surface area contributed by atoms with Gasteiger partial charge in [0.1, 0.15) is 18.4 Å². The van der Waals surface area contributed by atoms with Crippen LogP contribution in [0.25, 0.3) is 0 Å². The SMILES string of the molecule is O=C(O)C1(C(=O)O)Oc2ccc(NCC(O)CON=C(c3ccccc3)c3ccccc3)cc2O1. The van der Waals surface area contributed by atoms with Crippen LogP contribution in [-0.2, 0) is 14.4 Å². The lowest BCUT2D eigenvalue weighted by atomic mass is 10.0. The Labute approximate surface area is 200 Å². The van der Waals surface area contributed by atoms with Crippen LogP contribution in [0.3, 0.4) is 0 Å². The summed E-state index contributed by atoms with van der Waals surface area (Å²) in [5.41, 5.74) is 2.81. The fourth-order valence-corrected chi connectivity index (χ4v) is 3.33. The molecule has 10 nitrogen and oxygen atoms in total. The van der Waals surface area contributed by atoms with Crippen LogP contribution in [0.4, 0.5) is 5.69 Å². The Morgan fingerprint density at radius 1 is 0.886 bits per heavy atom. The molecule has 35 heavy (non-hydrogen) atoms. The van der Waals surface area contributed by atoms with Gasteiger partial charge >= 0.3 is 17.7 Å². The number of benzene rings is 3. The number of hydrogen-bond acceptors (Lipinski definition) is 8. The summed E-state index contributed by atoms with van der Waals surface area (Å²) in [5.74, 6) is -6.47. The number of hydrogen-bond donors (Lipinski definition) is 4. The van der Waals surface area contributed by atoms with Gasteiger partial charge in [-0.3, -0.25) is 0 Å². The van der Waals surface area contributed by atoms with Crippen molar-refractivity contribution < 1.29 is 39.2 Å². The van der Waals surface area contributed by atoms with Gasteiger partial charge in [0, 0.05) is 29.4 Å². The van der Waals surface area contributed by atoms with Gasteiger partial charge in [0.25, 0.3) is 0 Å². The fraction of sp³-hybridized carbons (Fsp3) is 0.160.